The van der Waals surface area contributed by atoms with Gasteiger partial charge in [0.05, 0.1) is 12.8 Å². The first-order valence-electron chi connectivity index (χ1n) is 5.21. The second-order valence-electron chi connectivity index (χ2n) is 3.76. The molecule has 1 rings (SSSR count). The van der Waals surface area contributed by atoms with Crippen molar-refractivity contribution < 1.29 is 4.74 Å². The summed E-state index contributed by atoms with van der Waals surface area (Å²) in [6.45, 7) is 5.20. The van der Waals surface area contributed by atoms with Crippen molar-refractivity contribution in [3.8, 4) is 5.75 Å². The average Bonchev–Trinajstić information content (AvgIpc) is 2.25. The summed E-state index contributed by atoms with van der Waals surface area (Å²) < 4.78 is 5.35. The summed E-state index contributed by atoms with van der Waals surface area (Å²) in [4.78, 5) is 0. The van der Waals surface area contributed by atoms with Crippen LogP contribution >= 0.6 is 12.6 Å². The van der Waals surface area contributed by atoms with Gasteiger partial charge >= 0.3 is 0 Å². The van der Waals surface area contributed by atoms with E-state index in [0.717, 1.165) is 23.7 Å². The van der Waals surface area contributed by atoms with Crippen molar-refractivity contribution >= 4 is 18.3 Å². The fourth-order valence-electron chi connectivity index (χ4n) is 1.40. The Balaban J connectivity index is 2.88. The zero-order valence-electron chi connectivity index (χ0n) is 9.58. The lowest BCUT2D eigenvalue weighted by molar-refractivity contribution is 0.415. The van der Waals surface area contributed by atoms with E-state index < -0.39 is 0 Å². The van der Waals surface area contributed by atoms with Gasteiger partial charge in [-0.2, -0.15) is 12.6 Å². The van der Waals surface area contributed by atoms with Crippen LogP contribution in [0, 0.1) is 0 Å². The summed E-state index contributed by atoms with van der Waals surface area (Å²) in [6, 6.07) is 6.29. The summed E-state index contributed by atoms with van der Waals surface area (Å²) in [5.41, 5.74) is 2.33. The summed E-state index contributed by atoms with van der Waals surface area (Å²) in [7, 11) is 1.70. The van der Waals surface area contributed by atoms with Gasteiger partial charge < -0.3 is 10.1 Å². The summed E-state index contributed by atoms with van der Waals surface area (Å²) in [6.07, 6.45) is 0. The Morgan fingerprint density at radius 1 is 1.40 bits per heavy atom. The van der Waals surface area contributed by atoms with Crippen LogP contribution in [0.1, 0.15) is 25.3 Å². The molecule has 15 heavy (non-hydrogen) atoms. The third-order valence-corrected chi connectivity index (χ3v) is 2.54. The normalized spacial score (nSPS) is 10.5. The van der Waals surface area contributed by atoms with E-state index in [-0.39, 0.29) is 0 Å². The van der Waals surface area contributed by atoms with Gasteiger partial charge in [0.15, 0.2) is 0 Å². The molecular weight excluding hydrogens is 206 g/mol. The van der Waals surface area contributed by atoms with Crippen molar-refractivity contribution in [1.82, 2.24) is 0 Å². The van der Waals surface area contributed by atoms with Crippen molar-refractivity contribution in [2.45, 2.75) is 19.8 Å². The summed E-state index contributed by atoms with van der Waals surface area (Å²) in [5, 5.41) is 3.28. The van der Waals surface area contributed by atoms with Gasteiger partial charge in [0.25, 0.3) is 0 Å². The van der Waals surface area contributed by atoms with Crippen molar-refractivity contribution in [2.75, 3.05) is 24.7 Å². The van der Waals surface area contributed by atoms with Gasteiger partial charge in [-0.25, -0.2) is 0 Å². The van der Waals surface area contributed by atoms with Crippen molar-refractivity contribution in [1.29, 1.82) is 0 Å². The molecule has 3 heteroatoms. The SMILES string of the molecule is COc1cc(C(C)C)ccc1NCCS. The van der Waals surface area contributed by atoms with Crippen molar-refractivity contribution in [3.05, 3.63) is 23.8 Å². The number of thiol groups is 1. The van der Waals surface area contributed by atoms with Crippen molar-refractivity contribution in [3.63, 3.8) is 0 Å². The maximum absolute atomic E-state index is 5.35. The quantitative estimate of drug-likeness (QED) is 0.751. The Morgan fingerprint density at radius 3 is 2.67 bits per heavy atom. The average molecular weight is 225 g/mol. The molecule has 0 aliphatic heterocycles. The minimum atomic E-state index is 0.526. The van der Waals surface area contributed by atoms with Gasteiger partial charge in [0.2, 0.25) is 0 Å². The van der Waals surface area contributed by atoms with Crippen LogP contribution in [-0.4, -0.2) is 19.4 Å². The Hall–Kier alpha value is -0.830. The number of ether oxygens (including phenoxy) is 1. The first-order chi connectivity index (χ1) is 7.19. The van der Waals surface area contributed by atoms with Crippen LogP contribution in [0.15, 0.2) is 18.2 Å². The highest BCUT2D eigenvalue weighted by molar-refractivity contribution is 7.80. The minimum Gasteiger partial charge on any atom is -0.495 e. The van der Waals surface area contributed by atoms with Crippen LogP contribution in [0.4, 0.5) is 5.69 Å². The Labute approximate surface area is 97.4 Å². The molecule has 0 atom stereocenters. The van der Waals surface area contributed by atoms with Gasteiger partial charge in [-0.15, -0.1) is 0 Å². The number of methoxy groups -OCH3 is 1. The van der Waals surface area contributed by atoms with E-state index in [1.165, 1.54) is 5.56 Å². The summed E-state index contributed by atoms with van der Waals surface area (Å²) >= 11 is 4.16. The predicted octanol–water partition coefficient (Wildman–Crippen LogP) is 3.16. The smallest absolute Gasteiger partial charge is 0.142 e. The van der Waals surface area contributed by atoms with Crippen LogP contribution in [0.3, 0.4) is 0 Å². The summed E-state index contributed by atoms with van der Waals surface area (Å²) in [5.74, 6) is 2.25. The largest absolute Gasteiger partial charge is 0.495 e. The molecule has 0 bridgehead atoms. The second kappa shape index (κ2) is 5.91. The van der Waals surface area contributed by atoms with Gasteiger partial charge in [0.1, 0.15) is 5.75 Å². The minimum absolute atomic E-state index is 0.526. The zero-order valence-corrected chi connectivity index (χ0v) is 10.5. The van der Waals surface area contributed by atoms with E-state index in [4.69, 9.17) is 4.74 Å². The number of nitrogens with one attached hydrogen (secondary N) is 1. The molecule has 0 aromatic heterocycles. The number of hydrogen-bond acceptors (Lipinski definition) is 3. The molecule has 2 nitrogen and oxygen atoms in total. The predicted molar refractivity (Wildman–Crippen MR) is 69.4 cm³/mol. The molecule has 0 fully saturated rings. The topological polar surface area (TPSA) is 21.3 Å². The Bertz CT molecular complexity index is 312. The molecule has 0 radical (unpaired) electrons. The van der Waals surface area contributed by atoms with Crippen LogP contribution in [0.25, 0.3) is 0 Å². The third kappa shape index (κ3) is 3.34. The van der Waals surface area contributed by atoms with Crippen LogP contribution in [-0.2, 0) is 0 Å². The van der Waals surface area contributed by atoms with E-state index in [0.29, 0.717) is 5.92 Å². The van der Waals surface area contributed by atoms with E-state index in [2.05, 4.69) is 50.0 Å². The van der Waals surface area contributed by atoms with Crippen molar-refractivity contribution in [2.24, 2.45) is 0 Å². The molecule has 1 aromatic rings. The molecule has 0 saturated heterocycles. The zero-order chi connectivity index (χ0) is 11.3. The third-order valence-electron chi connectivity index (χ3n) is 2.32. The van der Waals surface area contributed by atoms with Crippen LogP contribution in [0.2, 0.25) is 0 Å². The lowest BCUT2D eigenvalue weighted by Crippen LogP contribution is -2.04. The maximum Gasteiger partial charge on any atom is 0.142 e. The van der Waals surface area contributed by atoms with Gasteiger partial charge in [-0.3, -0.25) is 0 Å². The fourth-order valence-corrected chi connectivity index (χ4v) is 1.52. The molecule has 0 amide bonds. The molecule has 0 heterocycles. The van der Waals surface area contributed by atoms with Gasteiger partial charge in [-0.05, 0) is 23.6 Å². The molecule has 0 spiro atoms. The number of hydrogen-bond donors (Lipinski definition) is 2. The number of anilines is 1. The standard InChI is InChI=1S/C12H19NOS/c1-9(2)10-4-5-11(13-6-7-15)12(8-10)14-3/h4-5,8-9,13,15H,6-7H2,1-3H3. The van der Waals surface area contributed by atoms with Gasteiger partial charge in [0, 0.05) is 12.3 Å². The lowest BCUT2D eigenvalue weighted by atomic mass is 10.0. The lowest BCUT2D eigenvalue weighted by Gasteiger charge is -2.13. The van der Waals surface area contributed by atoms with E-state index in [1.807, 2.05) is 0 Å². The first-order valence-corrected chi connectivity index (χ1v) is 5.85. The maximum atomic E-state index is 5.35. The molecule has 0 unspecified atom stereocenters. The molecule has 0 aliphatic carbocycles. The van der Waals surface area contributed by atoms with E-state index in [1.54, 1.807) is 7.11 Å². The molecule has 1 N–H and O–H groups in total. The van der Waals surface area contributed by atoms with Gasteiger partial charge in [-0.1, -0.05) is 19.9 Å². The monoisotopic (exact) mass is 225 g/mol. The molecule has 1 aromatic carbocycles. The highest BCUT2D eigenvalue weighted by atomic mass is 32.1. The second-order valence-corrected chi connectivity index (χ2v) is 4.21. The van der Waals surface area contributed by atoms with E-state index >= 15 is 0 Å². The molecule has 0 saturated carbocycles. The number of benzene rings is 1. The van der Waals surface area contributed by atoms with Crippen LogP contribution in [0.5, 0.6) is 5.75 Å². The number of rotatable bonds is 5. The molecule has 84 valence electrons. The Morgan fingerprint density at radius 2 is 2.13 bits per heavy atom. The highest BCUT2D eigenvalue weighted by Gasteiger charge is 2.05. The first kappa shape index (κ1) is 12.2. The Kier molecular flexibility index (Phi) is 4.82. The molecule has 0 aliphatic rings. The fraction of sp³-hybridized carbons (Fsp3) is 0.500. The highest BCUT2D eigenvalue weighted by Crippen LogP contribution is 2.28. The van der Waals surface area contributed by atoms with E-state index in [9.17, 15) is 0 Å². The molecular formula is C12H19NOS. The van der Waals surface area contributed by atoms with Crippen LogP contribution < -0.4 is 10.1 Å².